The van der Waals surface area contributed by atoms with Crippen LogP contribution in [0.4, 0.5) is 0 Å². The molecular weight excluding hydrogens is 312 g/mol. The van der Waals surface area contributed by atoms with E-state index in [2.05, 4.69) is 0 Å². The molecule has 0 fully saturated rings. The van der Waals surface area contributed by atoms with Gasteiger partial charge in [0.2, 0.25) is 0 Å². The molecule has 0 aromatic rings. The van der Waals surface area contributed by atoms with Gasteiger partial charge in [-0.1, -0.05) is 0 Å². The molecule has 2 N–H and O–H groups in total. The fraction of sp³-hybridized carbons (Fsp3) is 0. The minimum atomic E-state index is -3.13. The van der Waals surface area contributed by atoms with E-state index < -0.39 is 9.17 Å². The van der Waals surface area contributed by atoms with Gasteiger partial charge in [0.25, 0.3) is 0 Å². The average Bonchev–Trinajstić information content (AvgIpc) is 0.811. The summed E-state index contributed by atoms with van der Waals surface area (Å²) in [4.78, 5) is 14.3. The summed E-state index contributed by atoms with van der Waals surface area (Å²) in [6.45, 7) is 0. The van der Waals surface area contributed by atoms with Crippen molar-refractivity contribution in [3.63, 3.8) is 0 Å². The Morgan fingerprint density at radius 2 is 1.33 bits per heavy atom. The third kappa shape index (κ3) is 76.8. The van der Waals surface area contributed by atoms with E-state index in [-0.39, 0.29) is 43.6 Å². The van der Waals surface area contributed by atoms with E-state index in [1.807, 2.05) is 0 Å². The Hall–Kier alpha value is 1.03. The van der Waals surface area contributed by atoms with E-state index in [0.717, 1.165) is 0 Å². The Morgan fingerprint density at radius 1 is 1.33 bits per heavy atom. The third-order valence-electron chi connectivity index (χ3n) is 0. The molecule has 0 amide bonds. The first-order chi connectivity index (χ1) is 1.73. The molecule has 0 atom stereocenters. The van der Waals surface area contributed by atoms with Crippen molar-refractivity contribution < 1.29 is 14.1 Å². The molecule has 0 heterocycles. The zero-order valence-electron chi connectivity index (χ0n) is 2.51. The molecule has 0 aliphatic carbocycles. The summed E-state index contributed by atoms with van der Waals surface area (Å²) >= 11 is 0. The molecule has 6 heavy (non-hydrogen) atoms. The summed E-state index contributed by atoms with van der Waals surface area (Å²) in [7, 11) is -3.13. The molecule has 0 spiro atoms. The Bertz CT molecular complexity index is 33.8. The molecule has 38 valence electrons. The third-order valence-corrected chi connectivity index (χ3v) is 0. The fourth-order valence-electron chi connectivity index (χ4n) is 0. The van der Waals surface area contributed by atoms with Gasteiger partial charge in [-0.2, -0.15) is 0 Å². The quantitative estimate of drug-likeness (QED) is 0.448. The van der Waals surface area contributed by atoms with Gasteiger partial charge in [0.1, 0.15) is 0 Å². The van der Waals surface area contributed by atoms with Crippen molar-refractivity contribution in [2.75, 3.05) is 0 Å². The van der Waals surface area contributed by atoms with Crippen molar-refractivity contribution in [2.45, 2.75) is 0 Å². The molecule has 0 rings (SSSR count). The van der Waals surface area contributed by atoms with Gasteiger partial charge in [-0.15, -0.1) is 0 Å². The molecule has 0 aromatic heterocycles. The average molecular weight is 320 g/mol. The van der Waals surface area contributed by atoms with Crippen LogP contribution >= 0.6 is 0 Å². The van der Waals surface area contributed by atoms with Gasteiger partial charge >= 0.3 is 35.4 Å². The summed E-state index contributed by atoms with van der Waals surface area (Å²) in [6.07, 6.45) is 0. The van der Waals surface area contributed by atoms with Gasteiger partial charge in [-0.05, 0) is 0 Å². The van der Waals surface area contributed by atoms with E-state index in [1.165, 1.54) is 0 Å². The topological polar surface area (TPSA) is 57.5 Å². The molecule has 3 nitrogen and oxygen atoms in total. The van der Waals surface area contributed by atoms with E-state index in [9.17, 15) is 0 Å². The Kier molecular flexibility index (Phi) is 24.6. The second-order valence-corrected chi connectivity index (χ2v) is 0.848. The first kappa shape index (κ1) is 15.7. The minimum absolute atomic E-state index is 0. The SMILES string of the molecule is O=[Si](O)O.[AlH3].[BiH3]. The van der Waals surface area contributed by atoms with Gasteiger partial charge in [0, 0.05) is 0 Å². The van der Waals surface area contributed by atoms with Gasteiger partial charge in [-0.3, -0.25) is 4.46 Å². The van der Waals surface area contributed by atoms with Crippen molar-refractivity contribution in [1.29, 1.82) is 0 Å². The summed E-state index contributed by atoms with van der Waals surface area (Å²) < 4.78 is 8.74. The second kappa shape index (κ2) is 9.40. The Labute approximate surface area is 66.5 Å². The van der Waals surface area contributed by atoms with Gasteiger partial charge in [0.15, 0.2) is 17.4 Å². The standard InChI is InChI=1S/Al.Bi.H2O3Si.6H/c;;1-4(2)3;;;;;;/h;;1-2H;;;;;;. The zero-order chi connectivity index (χ0) is 3.58. The van der Waals surface area contributed by atoms with Crippen LogP contribution in [0, 0.1) is 0 Å². The number of rotatable bonds is 0. The summed E-state index contributed by atoms with van der Waals surface area (Å²) in [5.74, 6) is 0. The Morgan fingerprint density at radius 3 is 1.33 bits per heavy atom. The van der Waals surface area contributed by atoms with Crippen LogP contribution in [0.3, 0.4) is 0 Å². The van der Waals surface area contributed by atoms with Crippen LogP contribution in [0.2, 0.25) is 0 Å². The van der Waals surface area contributed by atoms with Gasteiger partial charge < -0.3 is 9.59 Å². The van der Waals surface area contributed by atoms with E-state index in [4.69, 9.17) is 14.1 Å². The van der Waals surface area contributed by atoms with Gasteiger partial charge in [0.05, 0.1) is 0 Å². The molecule has 0 saturated carbocycles. The Balaban J connectivity index is -0.0000000450. The van der Waals surface area contributed by atoms with Crippen molar-refractivity contribution >= 4 is 52.7 Å². The van der Waals surface area contributed by atoms with Gasteiger partial charge in [-0.25, -0.2) is 0 Å². The number of hydrogen-bond acceptors (Lipinski definition) is 1. The predicted molar refractivity (Wildman–Crippen MR) is 30.8 cm³/mol. The van der Waals surface area contributed by atoms with Crippen molar-refractivity contribution in [1.82, 2.24) is 0 Å². The molecule has 0 aromatic carbocycles. The molecule has 0 saturated heterocycles. The van der Waals surface area contributed by atoms with Crippen LogP contribution in [-0.2, 0) is 4.46 Å². The number of hydrogen-bond donors (Lipinski definition) is 2. The van der Waals surface area contributed by atoms with Crippen molar-refractivity contribution in [3.8, 4) is 0 Å². The molecule has 0 bridgehead atoms. The van der Waals surface area contributed by atoms with Crippen LogP contribution < -0.4 is 0 Å². The van der Waals surface area contributed by atoms with E-state index in [1.54, 1.807) is 0 Å². The van der Waals surface area contributed by atoms with Crippen LogP contribution in [0.1, 0.15) is 0 Å². The first-order valence-electron chi connectivity index (χ1n) is 0.651. The molecule has 6 heteroatoms. The maximum atomic E-state index is 8.74. The summed E-state index contributed by atoms with van der Waals surface area (Å²) in [5, 5.41) is 0. The predicted octanol–water partition coefficient (Wildman–Crippen LogP) is -3.98. The molecule has 0 aliphatic heterocycles. The van der Waals surface area contributed by atoms with Crippen LogP contribution in [-0.4, -0.2) is 62.3 Å². The molecular formula is H8AlBiO3Si. The van der Waals surface area contributed by atoms with Crippen molar-refractivity contribution in [3.05, 3.63) is 0 Å². The fourth-order valence-corrected chi connectivity index (χ4v) is 0. The van der Waals surface area contributed by atoms with Crippen LogP contribution in [0.25, 0.3) is 0 Å². The monoisotopic (exact) mass is 320 g/mol. The molecule has 0 aliphatic rings. The molecule has 0 unspecified atom stereocenters. The maximum absolute atomic E-state index is 8.74. The second-order valence-electron chi connectivity index (χ2n) is 0.283. The van der Waals surface area contributed by atoms with E-state index in [0.29, 0.717) is 0 Å². The molecule has 0 radical (unpaired) electrons. The normalized spacial score (nSPS) is 4.00. The zero-order valence-corrected chi connectivity index (χ0v) is 9.01. The summed E-state index contributed by atoms with van der Waals surface area (Å²) in [5.41, 5.74) is 0. The van der Waals surface area contributed by atoms with Crippen LogP contribution in [0.15, 0.2) is 0 Å². The van der Waals surface area contributed by atoms with Crippen molar-refractivity contribution in [2.24, 2.45) is 0 Å². The summed E-state index contributed by atoms with van der Waals surface area (Å²) in [6, 6.07) is 0. The van der Waals surface area contributed by atoms with E-state index >= 15 is 0 Å². The first-order valence-corrected chi connectivity index (χ1v) is 1.95. The van der Waals surface area contributed by atoms with Crippen LogP contribution in [0.5, 0.6) is 0 Å².